The Labute approximate surface area is 166 Å². The maximum Gasteiger partial charge on any atom is 0.346 e. The van der Waals surface area contributed by atoms with Crippen LogP contribution in [0.5, 0.6) is 17.4 Å². The number of hydrogen-bond acceptors (Lipinski definition) is 7. The van der Waals surface area contributed by atoms with Crippen LogP contribution < -0.4 is 9.47 Å². The summed E-state index contributed by atoms with van der Waals surface area (Å²) in [5.41, 5.74) is 1.31. The Bertz CT molecular complexity index is 867. The Morgan fingerprint density at radius 1 is 1.26 bits per heavy atom. The molecule has 0 spiro atoms. The number of hydrogen-bond donors (Lipinski definition) is 0. The van der Waals surface area contributed by atoms with Crippen molar-refractivity contribution < 1.29 is 23.8 Å². The molecule has 0 saturated carbocycles. The number of methoxy groups -OCH3 is 1. The summed E-state index contributed by atoms with van der Waals surface area (Å²) >= 11 is 12.4. The number of carbonyl (C=O) groups excluding carboxylic acids is 1. The zero-order valence-electron chi connectivity index (χ0n) is 15.4. The second-order valence-corrected chi connectivity index (χ2v) is 6.26. The molecule has 27 heavy (non-hydrogen) atoms. The summed E-state index contributed by atoms with van der Waals surface area (Å²) in [6.07, 6.45) is 0.628. The molecule has 1 aromatic heterocycles. The van der Waals surface area contributed by atoms with E-state index in [0.717, 1.165) is 0 Å². The summed E-state index contributed by atoms with van der Waals surface area (Å²) in [5.74, 6) is 0.344. The molecule has 0 aliphatic rings. The molecular weight excluding hydrogens is 397 g/mol. The molecular formula is C17H19Cl2N3O5. The Balaban J connectivity index is 2.39. The lowest BCUT2D eigenvalue weighted by atomic mass is 10.2. The van der Waals surface area contributed by atoms with Crippen molar-refractivity contribution in [1.29, 1.82) is 0 Å². The van der Waals surface area contributed by atoms with Crippen molar-refractivity contribution >= 4 is 35.4 Å². The molecule has 0 aliphatic heterocycles. The van der Waals surface area contributed by atoms with E-state index in [4.69, 9.17) is 37.5 Å². The smallest absolute Gasteiger partial charge is 0.346 e. The molecule has 8 nitrogen and oxygen atoms in total. The average Bonchev–Trinajstić information content (AvgIpc) is 2.89. The van der Waals surface area contributed by atoms with Crippen LogP contribution in [-0.4, -0.2) is 42.3 Å². The fraction of sp³-hybridized carbons (Fsp3) is 0.353. The molecule has 0 fully saturated rings. The molecule has 2 aromatic rings. The number of halogens is 2. The SMILES string of the molecule is CON=Cc1c(C)nn(C)c1Oc1cc(O[C@@H](C)C(=O)OC)c(Cl)cc1Cl. The van der Waals surface area contributed by atoms with Gasteiger partial charge in [0, 0.05) is 13.1 Å². The van der Waals surface area contributed by atoms with Gasteiger partial charge in [-0.15, -0.1) is 0 Å². The predicted molar refractivity (Wildman–Crippen MR) is 101 cm³/mol. The van der Waals surface area contributed by atoms with E-state index in [2.05, 4.69) is 15.0 Å². The first kappa shape index (κ1) is 20.9. The molecule has 0 amide bonds. The second-order valence-electron chi connectivity index (χ2n) is 5.44. The van der Waals surface area contributed by atoms with Crippen LogP contribution in [0, 0.1) is 6.92 Å². The van der Waals surface area contributed by atoms with Gasteiger partial charge in [0.2, 0.25) is 5.88 Å². The molecule has 10 heteroatoms. The minimum Gasteiger partial charge on any atom is -0.477 e. The number of esters is 1. The lowest BCUT2D eigenvalue weighted by Crippen LogP contribution is -2.25. The van der Waals surface area contributed by atoms with Crippen molar-refractivity contribution in [2.24, 2.45) is 12.2 Å². The van der Waals surface area contributed by atoms with Gasteiger partial charge in [0.25, 0.3) is 0 Å². The van der Waals surface area contributed by atoms with Crippen LogP contribution in [0.2, 0.25) is 10.0 Å². The van der Waals surface area contributed by atoms with Crippen LogP contribution in [-0.2, 0) is 21.4 Å². The number of rotatable bonds is 7. The second kappa shape index (κ2) is 8.96. The Hall–Kier alpha value is -2.45. The molecule has 2 rings (SSSR count). The monoisotopic (exact) mass is 415 g/mol. The van der Waals surface area contributed by atoms with Gasteiger partial charge in [-0.1, -0.05) is 28.4 Å². The molecule has 0 radical (unpaired) electrons. The zero-order chi connectivity index (χ0) is 20.1. The van der Waals surface area contributed by atoms with Crippen molar-refractivity contribution in [3.8, 4) is 17.4 Å². The fourth-order valence-electron chi connectivity index (χ4n) is 2.22. The standard InChI is InChI=1S/C17H19Cl2N3O5/c1-9-11(8-20-25-5)16(22(3)21-9)27-15-7-14(12(18)6-13(15)19)26-10(2)17(23)24-4/h6-8,10H,1-5H3/t10-/m0/s1. The highest BCUT2D eigenvalue weighted by Crippen LogP contribution is 2.39. The van der Waals surface area contributed by atoms with E-state index in [1.54, 1.807) is 20.9 Å². The van der Waals surface area contributed by atoms with Crippen molar-refractivity contribution in [2.75, 3.05) is 14.2 Å². The highest BCUT2D eigenvalue weighted by Gasteiger charge is 2.20. The third kappa shape index (κ3) is 4.84. The van der Waals surface area contributed by atoms with Gasteiger partial charge in [-0.05, 0) is 19.9 Å². The van der Waals surface area contributed by atoms with Gasteiger partial charge in [-0.2, -0.15) is 5.10 Å². The molecule has 1 aromatic carbocycles. The van der Waals surface area contributed by atoms with Crippen LogP contribution in [0.4, 0.5) is 0 Å². The van der Waals surface area contributed by atoms with Crippen molar-refractivity contribution in [2.45, 2.75) is 20.0 Å². The summed E-state index contributed by atoms with van der Waals surface area (Å²) in [6, 6.07) is 2.95. The zero-order valence-corrected chi connectivity index (χ0v) is 17.0. The van der Waals surface area contributed by atoms with E-state index in [0.29, 0.717) is 17.1 Å². The van der Waals surface area contributed by atoms with Crippen LogP contribution in [0.3, 0.4) is 0 Å². The quantitative estimate of drug-likeness (QED) is 0.388. The van der Waals surface area contributed by atoms with E-state index < -0.39 is 12.1 Å². The maximum atomic E-state index is 11.6. The van der Waals surface area contributed by atoms with Gasteiger partial charge in [0.15, 0.2) is 11.9 Å². The molecule has 0 bridgehead atoms. The van der Waals surface area contributed by atoms with Crippen molar-refractivity contribution in [1.82, 2.24) is 9.78 Å². The average molecular weight is 416 g/mol. The molecule has 0 aliphatic carbocycles. The van der Waals surface area contributed by atoms with Crippen LogP contribution in [0.1, 0.15) is 18.2 Å². The number of aryl methyl sites for hydroxylation is 2. The first-order valence-corrected chi connectivity index (χ1v) is 8.55. The van der Waals surface area contributed by atoms with Gasteiger partial charge in [0.05, 0.1) is 34.6 Å². The van der Waals surface area contributed by atoms with E-state index in [1.165, 1.54) is 37.2 Å². The number of ether oxygens (including phenoxy) is 3. The fourth-order valence-corrected chi connectivity index (χ4v) is 2.68. The molecule has 1 heterocycles. The van der Waals surface area contributed by atoms with Crippen molar-refractivity contribution in [3.05, 3.63) is 33.4 Å². The maximum absolute atomic E-state index is 11.6. The summed E-state index contributed by atoms with van der Waals surface area (Å²) in [5, 5.41) is 8.53. The Kier molecular flexibility index (Phi) is 6.92. The number of nitrogens with zero attached hydrogens (tertiary/aromatic N) is 3. The summed E-state index contributed by atoms with van der Waals surface area (Å²) in [4.78, 5) is 16.3. The van der Waals surface area contributed by atoms with Crippen molar-refractivity contribution in [3.63, 3.8) is 0 Å². The predicted octanol–water partition coefficient (Wildman–Crippen LogP) is 3.75. The third-order valence-electron chi connectivity index (χ3n) is 3.53. The minimum atomic E-state index is -0.857. The molecule has 0 N–H and O–H groups in total. The van der Waals surface area contributed by atoms with E-state index in [9.17, 15) is 4.79 Å². The number of benzene rings is 1. The highest BCUT2D eigenvalue weighted by atomic mass is 35.5. The third-order valence-corrected chi connectivity index (χ3v) is 4.12. The van der Waals surface area contributed by atoms with Gasteiger partial charge in [-0.3, -0.25) is 0 Å². The Morgan fingerprint density at radius 2 is 1.93 bits per heavy atom. The molecule has 146 valence electrons. The van der Waals surface area contributed by atoms with Crippen LogP contribution in [0.15, 0.2) is 17.3 Å². The molecule has 0 unspecified atom stereocenters. The summed E-state index contributed by atoms with van der Waals surface area (Å²) in [6.45, 7) is 3.35. The van der Waals surface area contributed by atoms with Gasteiger partial charge >= 0.3 is 5.97 Å². The van der Waals surface area contributed by atoms with E-state index in [1.807, 2.05) is 0 Å². The molecule has 1 atom stereocenters. The van der Waals surface area contributed by atoms with Gasteiger partial charge in [0.1, 0.15) is 12.9 Å². The number of aromatic nitrogens is 2. The topological polar surface area (TPSA) is 84.2 Å². The summed E-state index contributed by atoms with van der Waals surface area (Å²) in [7, 11) is 4.42. The lowest BCUT2D eigenvalue weighted by molar-refractivity contribution is -0.147. The number of carbonyl (C=O) groups is 1. The Morgan fingerprint density at radius 3 is 2.56 bits per heavy atom. The largest absolute Gasteiger partial charge is 0.477 e. The van der Waals surface area contributed by atoms with E-state index in [-0.39, 0.29) is 21.5 Å². The minimum absolute atomic E-state index is 0.222. The normalized spacial score (nSPS) is 12.1. The van der Waals surface area contributed by atoms with E-state index >= 15 is 0 Å². The van der Waals surface area contributed by atoms with Crippen LogP contribution in [0.25, 0.3) is 0 Å². The van der Waals surface area contributed by atoms with Gasteiger partial charge in [-0.25, -0.2) is 9.48 Å². The van der Waals surface area contributed by atoms with Gasteiger partial charge < -0.3 is 19.0 Å². The summed E-state index contributed by atoms with van der Waals surface area (Å²) < 4.78 is 17.6. The first-order valence-electron chi connectivity index (χ1n) is 7.80. The van der Waals surface area contributed by atoms with Crippen LogP contribution >= 0.6 is 23.2 Å². The lowest BCUT2D eigenvalue weighted by Gasteiger charge is -2.16. The highest BCUT2D eigenvalue weighted by molar-refractivity contribution is 6.36. The molecule has 0 saturated heterocycles. The first-order chi connectivity index (χ1) is 12.8. The number of oxime groups is 1.